The summed E-state index contributed by atoms with van der Waals surface area (Å²) < 4.78 is 11.5. The molecule has 7 heteroatoms. The van der Waals surface area contributed by atoms with Gasteiger partial charge in [0.1, 0.15) is 11.5 Å². The molecule has 1 aliphatic rings. The van der Waals surface area contributed by atoms with E-state index in [2.05, 4.69) is 5.32 Å². The summed E-state index contributed by atoms with van der Waals surface area (Å²) in [6.07, 6.45) is -0.571. The number of anilines is 2. The zero-order valence-corrected chi connectivity index (χ0v) is 18.2. The van der Waals surface area contributed by atoms with Gasteiger partial charge in [0.25, 0.3) is 11.8 Å². The number of benzene rings is 2. The van der Waals surface area contributed by atoms with Crippen LogP contribution >= 0.6 is 0 Å². The Morgan fingerprint density at radius 1 is 1.20 bits per heavy atom. The Hall–Kier alpha value is -3.06. The van der Waals surface area contributed by atoms with Crippen LogP contribution in [0.3, 0.4) is 0 Å². The van der Waals surface area contributed by atoms with Gasteiger partial charge in [-0.15, -0.1) is 0 Å². The molecular weight excluding hydrogens is 382 g/mol. The molecule has 30 heavy (non-hydrogen) atoms. The molecule has 1 unspecified atom stereocenters. The first-order chi connectivity index (χ1) is 14.3. The van der Waals surface area contributed by atoms with E-state index in [1.165, 1.54) is 0 Å². The molecule has 2 aromatic rings. The molecule has 160 valence electrons. The molecule has 7 nitrogen and oxygen atoms in total. The fourth-order valence-corrected chi connectivity index (χ4v) is 3.38. The lowest BCUT2D eigenvalue weighted by Crippen LogP contribution is -2.46. The Kier molecular flexibility index (Phi) is 6.62. The molecule has 0 bridgehead atoms. The smallest absolute Gasteiger partial charge is 0.267 e. The van der Waals surface area contributed by atoms with Gasteiger partial charge in [-0.3, -0.25) is 9.59 Å². The summed E-state index contributed by atoms with van der Waals surface area (Å²) in [4.78, 5) is 28.7. The largest absolute Gasteiger partial charge is 0.483 e. The molecule has 0 aliphatic carbocycles. The molecule has 2 amide bonds. The highest BCUT2D eigenvalue weighted by Gasteiger charge is 2.31. The first-order valence-corrected chi connectivity index (χ1v) is 10.0. The van der Waals surface area contributed by atoms with E-state index in [0.29, 0.717) is 23.7 Å². The third-order valence-corrected chi connectivity index (χ3v) is 4.98. The Morgan fingerprint density at radius 2 is 1.90 bits per heavy atom. The fourth-order valence-electron chi connectivity index (χ4n) is 3.38. The van der Waals surface area contributed by atoms with Crippen molar-refractivity contribution in [1.82, 2.24) is 4.90 Å². The molecule has 0 saturated carbocycles. The van der Waals surface area contributed by atoms with Gasteiger partial charge >= 0.3 is 0 Å². The number of amides is 2. The summed E-state index contributed by atoms with van der Waals surface area (Å²) in [5, 5.41) is 2.84. The molecule has 0 radical (unpaired) electrons. The van der Waals surface area contributed by atoms with Crippen LogP contribution in [0.1, 0.15) is 18.1 Å². The number of likely N-dealkylation sites (N-methyl/N-ethyl adjacent to an activating group) is 1. The maximum Gasteiger partial charge on any atom is 0.267 e. The number of fused-ring (bicyclic) bond motifs is 1. The molecule has 2 aromatic carbocycles. The van der Waals surface area contributed by atoms with Gasteiger partial charge in [0.15, 0.2) is 12.7 Å². The van der Waals surface area contributed by atoms with Gasteiger partial charge in [-0.25, -0.2) is 0 Å². The van der Waals surface area contributed by atoms with Crippen molar-refractivity contribution in [3.05, 3.63) is 47.5 Å². The third-order valence-electron chi connectivity index (χ3n) is 4.98. The second-order valence-electron chi connectivity index (χ2n) is 7.79. The van der Waals surface area contributed by atoms with Crippen LogP contribution in [0.15, 0.2) is 36.4 Å². The number of rotatable bonds is 7. The minimum atomic E-state index is -0.571. The maximum atomic E-state index is 12.5. The molecular formula is C23H29N3O4. The summed E-state index contributed by atoms with van der Waals surface area (Å²) >= 11 is 0. The summed E-state index contributed by atoms with van der Waals surface area (Å²) in [6.45, 7) is 6.86. The van der Waals surface area contributed by atoms with Gasteiger partial charge in [-0.05, 0) is 58.1 Å². The summed E-state index contributed by atoms with van der Waals surface area (Å²) in [6, 6.07) is 11.2. The Balaban J connectivity index is 1.69. The second-order valence-corrected chi connectivity index (χ2v) is 7.79. The number of carbonyl (C=O) groups is 2. The molecule has 1 atom stereocenters. The quantitative estimate of drug-likeness (QED) is 0.758. The van der Waals surface area contributed by atoms with Crippen LogP contribution in [-0.4, -0.2) is 56.6 Å². The Morgan fingerprint density at radius 3 is 2.57 bits per heavy atom. The van der Waals surface area contributed by atoms with E-state index in [0.717, 1.165) is 23.4 Å². The average molecular weight is 412 g/mol. The summed E-state index contributed by atoms with van der Waals surface area (Å²) in [7, 11) is 3.93. The third kappa shape index (κ3) is 4.91. The summed E-state index contributed by atoms with van der Waals surface area (Å²) in [5.74, 6) is 0.977. The van der Waals surface area contributed by atoms with Gasteiger partial charge in [-0.2, -0.15) is 0 Å². The highest BCUT2D eigenvalue weighted by molar-refractivity contribution is 6.00. The van der Waals surface area contributed by atoms with Gasteiger partial charge < -0.3 is 24.6 Å². The van der Waals surface area contributed by atoms with Crippen molar-refractivity contribution < 1.29 is 19.1 Å². The molecule has 1 N–H and O–H groups in total. The number of nitrogens with one attached hydrogen (secondary N) is 1. The number of aryl methyl sites for hydroxylation is 2. The van der Waals surface area contributed by atoms with E-state index in [1.54, 1.807) is 30.0 Å². The molecule has 1 heterocycles. The van der Waals surface area contributed by atoms with E-state index in [1.807, 2.05) is 51.0 Å². The second kappa shape index (κ2) is 9.17. The maximum absolute atomic E-state index is 12.5. The van der Waals surface area contributed by atoms with Gasteiger partial charge in [-0.1, -0.05) is 18.2 Å². The van der Waals surface area contributed by atoms with E-state index >= 15 is 0 Å². The average Bonchev–Trinajstić information content (AvgIpc) is 2.68. The van der Waals surface area contributed by atoms with Crippen LogP contribution in [0.4, 0.5) is 11.4 Å². The molecule has 0 fully saturated rings. The van der Waals surface area contributed by atoms with Crippen LogP contribution in [0, 0.1) is 13.8 Å². The Bertz CT molecular complexity index is 922. The van der Waals surface area contributed by atoms with E-state index in [4.69, 9.17) is 9.47 Å². The predicted molar refractivity (Wildman–Crippen MR) is 117 cm³/mol. The summed E-state index contributed by atoms with van der Waals surface area (Å²) in [5.41, 5.74) is 3.28. The number of hydrogen-bond donors (Lipinski definition) is 1. The van der Waals surface area contributed by atoms with E-state index < -0.39 is 6.10 Å². The van der Waals surface area contributed by atoms with Crippen molar-refractivity contribution in [2.75, 3.05) is 44.0 Å². The number of nitrogens with zero attached hydrogens (tertiary/aromatic N) is 2. The number of ether oxygens (including phenoxy) is 2. The highest BCUT2D eigenvalue weighted by Crippen LogP contribution is 2.36. The number of carbonyl (C=O) groups excluding carboxylic acids is 2. The minimum Gasteiger partial charge on any atom is -0.483 e. The SMILES string of the molecule is Cc1cccc(C)c1OCC(=O)Nc1ccc2c(c1)OC(C)C(=O)N2CCN(C)C. The van der Waals surface area contributed by atoms with Crippen molar-refractivity contribution >= 4 is 23.2 Å². The van der Waals surface area contributed by atoms with Crippen molar-refractivity contribution in [2.45, 2.75) is 26.9 Å². The molecule has 3 rings (SSSR count). The monoisotopic (exact) mass is 411 g/mol. The van der Waals surface area contributed by atoms with Crippen LogP contribution < -0.4 is 19.7 Å². The van der Waals surface area contributed by atoms with Gasteiger partial charge in [0.05, 0.1) is 5.69 Å². The molecule has 0 spiro atoms. The number of para-hydroxylation sites is 1. The van der Waals surface area contributed by atoms with Crippen molar-refractivity contribution in [3.8, 4) is 11.5 Å². The van der Waals surface area contributed by atoms with Crippen LogP contribution in [0.25, 0.3) is 0 Å². The van der Waals surface area contributed by atoms with Crippen LogP contribution in [0.2, 0.25) is 0 Å². The number of hydrogen-bond acceptors (Lipinski definition) is 5. The lowest BCUT2D eigenvalue weighted by molar-refractivity contribution is -0.125. The first kappa shape index (κ1) is 21.6. The lowest BCUT2D eigenvalue weighted by atomic mass is 10.1. The molecule has 0 aromatic heterocycles. The normalized spacial score (nSPS) is 15.6. The zero-order valence-electron chi connectivity index (χ0n) is 18.2. The zero-order chi connectivity index (χ0) is 21.8. The lowest BCUT2D eigenvalue weighted by Gasteiger charge is -2.34. The fraction of sp³-hybridized carbons (Fsp3) is 0.391. The first-order valence-electron chi connectivity index (χ1n) is 10.0. The highest BCUT2D eigenvalue weighted by atomic mass is 16.5. The standard InChI is InChI=1S/C23H29N3O4/c1-15-7-6-8-16(2)22(15)29-14-21(27)24-18-9-10-19-20(13-18)30-17(3)23(28)26(19)12-11-25(4)5/h6-10,13,17H,11-12,14H2,1-5H3,(H,24,27). The van der Waals surface area contributed by atoms with E-state index in [-0.39, 0.29) is 18.4 Å². The van der Waals surface area contributed by atoms with Crippen molar-refractivity contribution in [2.24, 2.45) is 0 Å². The van der Waals surface area contributed by atoms with Crippen molar-refractivity contribution in [1.29, 1.82) is 0 Å². The van der Waals surface area contributed by atoms with Gasteiger partial charge in [0.2, 0.25) is 0 Å². The predicted octanol–water partition coefficient (Wildman–Crippen LogP) is 3.00. The van der Waals surface area contributed by atoms with Crippen molar-refractivity contribution in [3.63, 3.8) is 0 Å². The van der Waals surface area contributed by atoms with E-state index in [9.17, 15) is 9.59 Å². The Labute approximate surface area is 177 Å². The van der Waals surface area contributed by atoms with Crippen LogP contribution in [0.5, 0.6) is 11.5 Å². The minimum absolute atomic E-state index is 0.0665. The van der Waals surface area contributed by atoms with Gasteiger partial charge in [0, 0.05) is 24.8 Å². The topological polar surface area (TPSA) is 71.1 Å². The van der Waals surface area contributed by atoms with Crippen LogP contribution in [-0.2, 0) is 9.59 Å². The molecule has 0 saturated heterocycles. The molecule has 1 aliphatic heterocycles.